The Morgan fingerprint density at radius 1 is 1.75 bits per heavy atom. The van der Waals surface area contributed by atoms with Gasteiger partial charge in [-0.2, -0.15) is 5.26 Å². The molecule has 0 atom stereocenters. The van der Waals surface area contributed by atoms with E-state index in [-0.39, 0.29) is 15.9 Å². The van der Waals surface area contributed by atoms with Crippen molar-refractivity contribution in [3.63, 3.8) is 0 Å². The molecule has 0 aliphatic heterocycles. The number of nitro groups is 1. The molecule has 1 aromatic heterocycles. The lowest BCUT2D eigenvalue weighted by molar-refractivity contribution is -0.385. The van der Waals surface area contributed by atoms with Crippen LogP contribution in [0.4, 0.5) is 5.69 Å². The zero-order valence-corrected chi connectivity index (χ0v) is 6.59. The molecule has 1 N–H and O–H groups in total. The molecule has 1 aromatic rings. The van der Waals surface area contributed by atoms with Crippen LogP contribution in [0.25, 0.3) is 0 Å². The van der Waals surface area contributed by atoms with Crippen molar-refractivity contribution in [1.29, 1.82) is 5.26 Å². The maximum Gasteiger partial charge on any atom is 0.305 e. The van der Waals surface area contributed by atoms with Crippen molar-refractivity contribution in [3.8, 4) is 6.07 Å². The van der Waals surface area contributed by atoms with E-state index in [1.165, 1.54) is 6.20 Å². The maximum absolute atomic E-state index is 10.3. The summed E-state index contributed by atoms with van der Waals surface area (Å²) in [7, 11) is 0. The molecule has 0 saturated heterocycles. The van der Waals surface area contributed by atoms with Crippen molar-refractivity contribution in [2.75, 3.05) is 0 Å². The minimum Gasteiger partial charge on any atom is -0.346 e. The lowest BCUT2D eigenvalue weighted by atomic mass is 10.3. The summed E-state index contributed by atoms with van der Waals surface area (Å²) in [5.41, 5.74) is -0.0562. The number of aromatic amines is 1. The molecule has 6 heteroatoms. The third-order valence-electron chi connectivity index (χ3n) is 1.21. The van der Waals surface area contributed by atoms with Gasteiger partial charge in [-0.05, 0) is 0 Å². The summed E-state index contributed by atoms with van der Waals surface area (Å²) < 4.78 is 0.0269. The van der Waals surface area contributed by atoms with E-state index in [0.29, 0.717) is 0 Å². The Morgan fingerprint density at radius 3 is 2.92 bits per heavy atom. The smallest absolute Gasteiger partial charge is 0.305 e. The highest BCUT2D eigenvalue weighted by atomic mass is 32.1. The van der Waals surface area contributed by atoms with E-state index in [1.807, 2.05) is 0 Å². The summed E-state index contributed by atoms with van der Waals surface area (Å²) in [5, 5.41) is 18.7. The first kappa shape index (κ1) is 8.36. The Bertz CT molecular complexity index is 418. The Hall–Kier alpha value is -1.74. The summed E-state index contributed by atoms with van der Waals surface area (Å²) in [4.78, 5) is 12.1. The van der Waals surface area contributed by atoms with Gasteiger partial charge in [0.15, 0.2) is 4.64 Å². The largest absolute Gasteiger partial charge is 0.346 e. The van der Waals surface area contributed by atoms with Gasteiger partial charge >= 0.3 is 5.69 Å². The molecule has 0 fully saturated rings. The van der Waals surface area contributed by atoms with Gasteiger partial charge in [-0.3, -0.25) is 10.1 Å². The zero-order chi connectivity index (χ0) is 9.14. The predicted octanol–water partition coefficient (Wildman–Crippen LogP) is 1.52. The van der Waals surface area contributed by atoms with Gasteiger partial charge in [0.05, 0.1) is 10.5 Å². The third-order valence-corrected chi connectivity index (χ3v) is 1.54. The molecular formula is C6H3N3O2S. The SMILES string of the molecule is N#Cc1c[nH]c(=S)c([N+](=O)[O-])c1. The molecule has 12 heavy (non-hydrogen) atoms. The Balaban J connectivity index is 3.39. The second-order valence-corrected chi connectivity index (χ2v) is 2.38. The molecule has 0 aliphatic carbocycles. The highest BCUT2D eigenvalue weighted by Crippen LogP contribution is 2.12. The van der Waals surface area contributed by atoms with Gasteiger partial charge in [-0.15, -0.1) is 0 Å². The van der Waals surface area contributed by atoms with Crippen LogP contribution in [0.1, 0.15) is 5.56 Å². The van der Waals surface area contributed by atoms with Crippen molar-refractivity contribution in [1.82, 2.24) is 4.98 Å². The Labute approximate surface area is 72.4 Å². The molecule has 0 aliphatic rings. The van der Waals surface area contributed by atoms with Crippen molar-refractivity contribution in [2.45, 2.75) is 0 Å². The van der Waals surface area contributed by atoms with Crippen molar-refractivity contribution in [2.24, 2.45) is 0 Å². The van der Waals surface area contributed by atoms with Crippen LogP contribution in [0.3, 0.4) is 0 Å². The molecule has 0 bridgehead atoms. The van der Waals surface area contributed by atoms with E-state index in [0.717, 1.165) is 6.07 Å². The van der Waals surface area contributed by atoms with Gasteiger partial charge < -0.3 is 4.98 Å². The van der Waals surface area contributed by atoms with Gasteiger partial charge in [0.1, 0.15) is 6.07 Å². The Morgan fingerprint density at radius 2 is 2.42 bits per heavy atom. The molecule has 0 saturated carbocycles. The molecule has 60 valence electrons. The number of nitriles is 1. The van der Waals surface area contributed by atoms with Crippen molar-refractivity contribution < 1.29 is 4.92 Å². The number of aromatic nitrogens is 1. The highest BCUT2D eigenvalue weighted by molar-refractivity contribution is 7.71. The number of hydrogen-bond donors (Lipinski definition) is 1. The van der Waals surface area contributed by atoms with Gasteiger partial charge in [-0.1, -0.05) is 12.2 Å². The summed E-state index contributed by atoms with van der Waals surface area (Å²) in [6, 6.07) is 2.91. The number of rotatable bonds is 1. The molecule has 0 radical (unpaired) electrons. The van der Waals surface area contributed by atoms with Crippen LogP contribution in [0.15, 0.2) is 12.3 Å². The van der Waals surface area contributed by atoms with E-state index < -0.39 is 4.92 Å². The normalized spacial score (nSPS) is 8.92. The number of nitrogens with zero attached hydrogens (tertiary/aromatic N) is 2. The van der Waals surface area contributed by atoms with Crippen molar-refractivity contribution >= 4 is 17.9 Å². The molecule has 0 unspecified atom stereocenters. The molecule has 1 heterocycles. The quantitative estimate of drug-likeness (QED) is 0.404. The fourth-order valence-corrected chi connectivity index (χ4v) is 0.864. The van der Waals surface area contributed by atoms with Crippen LogP contribution in [-0.2, 0) is 0 Å². The van der Waals surface area contributed by atoms with E-state index >= 15 is 0 Å². The average molecular weight is 181 g/mol. The number of hydrogen-bond acceptors (Lipinski definition) is 4. The fourth-order valence-electron chi connectivity index (χ4n) is 0.672. The van der Waals surface area contributed by atoms with Crippen LogP contribution in [0.2, 0.25) is 0 Å². The van der Waals surface area contributed by atoms with E-state index in [2.05, 4.69) is 17.2 Å². The van der Waals surface area contributed by atoms with Crippen LogP contribution in [0.5, 0.6) is 0 Å². The molecule has 0 aromatic carbocycles. The van der Waals surface area contributed by atoms with Crippen LogP contribution in [-0.4, -0.2) is 9.91 Å². The van der Waals surface area contributed by atoms with Gasteiger partial charge in [0.25, 0.3) is 0 Å². The standard InChI is InChI=1S/C6H3N3O2S/c7-2-4-1-5(9(10)11)6(12)8-3-4/h1,3H,(H,8,12). The number of H-pyrrole nitrogens is 1. The van der Waals surface area contributed by atoms with Crippen LogP contribution < -0.4 is 0 Å². The lowest BCUT2D eigenvalue weighted by Crippen LogP contribution is -1.91. The average Bonchev–Trinajstić information content (AvgIpc) is 2.05. The predicted molar refractivity (Wildman–Crippen MR) is 43.0 cm³/mol. The molecule has 0 spiro atoms. The van der Waals surface area contributed by atoms with E-state index in [1.54, 1.807) is 6.07 Å². The maximum atomic E-state index is 10.3. The minimum absolute atomic E-state index is 0.0269. The molecule has 5 nitrogen and oxygen atoms in total. The summed E-state index contributed by atoms with van der Waals surface area (Å²) >= 11 is 4.63. The summed E-state index contributed by atoms with van der Waals surface area (Å²) in [5.74, 6) is 0. The fraction of sp³-hybridized carbons (Fsp3) is 0. The van der Waals surface area contributed by atoms with Crippen molar-refractivity contribution in [3.05, 3.63) is 32.6 Å². The molecular weight excluding hydrogens is 178 g/mol. The first-order valence-electron chi connectivity index (χ1n) is 2.92. The lowest BCUT2D eigenvalue weighted by Gasteiger charge is -1.91. The van der Waals surface area contributed by atoms with E-state index in [4.69, 9.17) is 5.26 Å². The molecule has 1 rings (SSSR count). The monoisotopic (exact) mass is 181 g/mol. The van der Waals surface area contributed by atoms with Gasteiger partial charge in [-0.25, -0.2) is 0 Å². The number of pyridine rings is 1. The highest BCUT2D eigenvalue weighted by Gasteiger charge is 2.08. The second-order valence-electron chi connectivity index (χ2n) is 1.97. The van der Waals surface area contributed by atoms with E-state index in [9.17, 15) is 10.1 Å². The number of nitrogens with one attached hydrogen (secondary N) is 1. The second kappa shape index (κ2) is 3.11. The topological polar surface area (TPSA) is 82.7 Å². The summed E-state index contributed by atoms with van der Waals surface area (Å²) in [6.07, 6.45) is 1.33. The first-order chi connectivity index (χ1) is 5.65. The zero-order valence-electron chi connectivity index (χ0n) is 5.77. The Kier molecular flexibility index (Phi) is 2.16. The van der Waals surface area contributed by atoms with Crippen LogP contribution >= 0.6 is 12.2 Å². The minimum atomic E-state index is -0.625. The molecule has 0 amide bonds. The van der Waals surface area contributed by atoms with Gasteiger partial charge in [0, 0.05) is 12.3 Å². The first-order valence-corrected chi connectivity index (χ1v) is 3.33. The summed E-state index contributed by atoms with van der Waals surface area (Å²) in [6.45, 7) is 0. The van der Waals surface area contributed by atoms with Gasteiger partial charge in [0.2, 0.25) is 0 Å². The third kappa shape index (κ3) is 1.46. The van der Waals surface area contributed by atoms with Crippen LogP contribution in [0, 0.1) is 26.1 Å².